The first-order chi connectivity index (χ1) is 6.11. The Morgan fingerprint density at radius 2 is 2.23 bits per heavy atom. The summed E-state index contributed by atoms with van der Waals surface area (Å²) in [5.74, 6) is -0.970. The molecule has 0 radical (unpaired) electrons. The molecule has 0 unspecified atom stereocenters. The van der Waals surface area contributed by atoms with E-state index in [2.05, 4.69) is 14.7 Å². The molecule has 0 fully saturated rings. The van der Waals surface area contributed by atoms with Crippen molar-refractivity contribution in [1.82, 2.24) is 0 Å². The SMILES string of the molecule is CCOC(=O)/C(C#N)=N\OC(=O)Cl. The Labute approximate surface area is 78.7 Å². The number of carbonyl (C=O) groups is 2. The maximum atomic E-state index is 10.8. The van der Waals surface area contributed by atoms with Crippen molar-refractivity contribution in [2.24, 2.45) is 5.16 Å². The first-order valence-corrected chi connectivity index (χ1v) is 3.51. The van der Waals surface area contributed by atoms with E-state index in [9.17, 15) is 9.59 Å². The summed E-state index contributed by atoms with van der Waals surface area (Å²) in [6.07, 6.45) is 0. The van der Waals surface area contributed by atoms with E-state index in [0.29, 0.717) is 0 Å². The van der Waals surface area contributed by atoms with Crippen molar-refractivity contribution < 1.29 is 19.2 Å². The summed E-state index contributed by atoms with van der Waals surface area (Å²) in [4.78, 5) is 24.6. The summed E-state index contributed by atoms with van der Waals surface area (Å²) in [5.41, 5.74) is -1.91. The summed E-state index contributed by atoms with van der Waals surface area (Å²) in [7, 11) is 0. The molecule has 0 aromatic carbocycles. The minimum atomic E-state index is -1.24. The predicted octanol–water partition coefficient (Wildman–Crippen LogP) is 0.804. The average Bonchev–Trinajstić information content (AvgIpc) is 2.05. The molecular formula is C6H5ClN2O4. The van der Waals surface area contributed by atoms with Crippen molar-refractivity contribution in [3.8, 4) is 6.07 Å². The molecule has 6 nitrogen and oxygen atoms in total. The molecule has 70 valence electrons. The lowest BCUT2D eigenvalue weighted by molar-refractivity contribution is -0.135. The van der Waals surface area contributed by atoms with E-state index in [1.807, 2.05) is 0 Å². The molecule has 0 saturated heterocycles. The molecular weight excluding hydrogens is 200 g/mol. The van der Waals surface area contributed by atoms with E-state index >= 15 is 0 Å². The van der Waals surface area contributed by atoms with Gasteiger partial charge in [0.25, 0.3) is 5.71 Å². The van der Waals surface area contributed by atoms with E-state index < -0.39 is 17.1 Å². The van der Waals surface area contributed by atoms with Crippen molar-refractivity contribution >= 4 is 28.7 Å². The zero-order valence-corrected chi connectivity index (χ0v) is 7.37. The summed E-state index contributed by atoms with van der Waals surface area (Å²) >= 11 is 4.73. The van der Waals surface area contributed by atoms with Crippen LogP contribution >= 0.6 is 11.6 Å². The quantitative estimate of drug-likeness (QED) is 0.223. The Bertz CT molecular complexity index is 281. The van der Waals surface area contributed by atoms with Crippen LogP contribution in [0.2, 0.25) is 0 Å². The Hall–Kier alpha value is -1.61. The van der Waals surface area contributed by atoms with Gasteiger partial charge in [0.05, 0.1) is 6.61 Å². The van der Waals surface area contributed by atoms with Crippen LogP contribution in [0.25, 0.3) is 0 Å². The van der Waals surface area contributed by atoms with Crippen LogP contribution in [-0.2, 0) is 14.4 Å². The number of oxime groups is 1. The minimum Gasteiger partial charge on any atom is -0.461 e. The fourth-order valence-corrected chi connectivity index (χ4v) is 0.419. The van der Waals surface area contributed by atoms with Gasteiger partial charge in [0.15, 0.2) is 0 Å². The molecule has 0 saturated carbocycles. The molecule has 0 spiro atoms. The van der Waals surface area contributed by atoms with Gasteiger partial charge in [-0.3, -0.25) is 0 Å². The molecule has 0 N–H and O–H groups in total. The average molecular weight is 205 g/mol. The largest absolute Gasteiger partial charge is 0.461 e. The van der Waals surface area contributed by atoms with Crippen LogP contribution in [-0.4, -0.2) is 23.7 Å². The zero-order valence-electron chi connectivity index (χ0n) is 6.61. The van der Waals surface area contributed by atoms with Crippen LogP contribution in [0, 0.1) is 11.3 Å². The van der Waals surface area contributed by atoms with Crippen molar-refractivity contribution in [3.63, 3.8) is 0 Å². The van der Waals surface area contributed by atoms with Crippen molar-refractivity contribution in [2.45, 2.75) is 6.92 Å². The van der Waals surface area contributed by atoms with Crippen molar-refractivity contribution in [1.29, 1.82) is 5.26 Å². The van der Waals surface area contributed by atoms with Crippen LogP contribution in [0.15, 0.2) is 5.16 Å². The van der Waals surface area contributed by atoms with Crippen LogP contribution in [0.1, 0.15) is 6.92 Å². The standard InChI is InChI=1S/C6H5ClN2O4/c1-2-12-5(10)4(3-8)9-13-6(7)11/h2H2,1H3/b9-4-. The van der Waals surface area contributed by atoms with Gasteiger partial charge in [-0.15, -0.1) is 0 Å². The normalized spacial score (nSPS) is 10.1. The molecule has 0 rings (SSSR count). The lowest BCUT2D eigenvalue weighted by Crippen LogP contribution is -2.16. The lowest BCUT2D eigenvalue weighted by Gasteiger charge is -1.96. The molecule has 0 aliphatic heterocycles. The van der Waals surface area contributed by atoms with Gasteiger partial charge in [-0.05, 0) is 6.92 Å². The molecule has 0 aliphatic carbocycles. The summed E-state index contributed by atoms with van der Waals surface area (Å²) in [6, 6.07) is 1.38. The summed E-state index contributed by atoms with van der Waals surface area (Å²) < 4.78 is 4.40. The van der Waals surface area contributed by atoms with Crippen LogP contribution < -0.4 is 0 Å². The molecule has 0 amide bonds. The molecule has 0 bridgehead atoms. The van der Waals surface area contributed by atoms with E-state index in [4.69, 9.17) is 16.9 Å². The van der Waals surface area contributed by atoms with E-state index in [-0.39, 0.29) is 6.61 Å². The van der Waals surface area contributed by atoms with Crippen molar-refractivity contribution in [3.05, 3.63) is 0 Å². The second-order valence-corrected chi connectivity index (χ2v) is 1.91. The van der Waals surface area contributed by atoms with E-state index in [0.717, 1.165) is 0 Å². The molecule has 7 heteroatoms. The molecule has 0 heterocycles. The monoisotopic (exact) mass is 204 g/mol. The maximum Gasteiger partial charge on any atom is 0.429 e. The second-order valence-electron chi connectivity index (χ2n) is 1.60. The van der Waals surface area contributed by atoms with Gasteiger partial charge in [0, 0.05) is 11.6 Å². The second kappa shape index (κ2) is 5.97. The van der Waals surface area contributed by atoms with Crippen molar-refractivity contribution in [2.75, 3.05) is 6.61 Å². The first kappa shape index (κ1) is 11.4. The highest BCUT2D eigenvalue weighted by Crippen LogP contribution is 1.91. The third kappa shape index (κ3) is 4.76. The Morgan fingerprint density at radius 1 is 1.62 bits per heavy atom. The Morgan fingerprint density at radius 3 is 2.62 bits per heavy atom. The molecule has 0 aliphatic rings. The number of nitriles is 1. The maximum absolute atomic E-state index is 10.8. The van der Waals surface area contributed by atoms with Crippen LogP contribution in [0.4, 0.5) is 4.79 Å². The lowest BCUT2D eigenvalue weighted by atomic mass is 10.4. The van der Waals surface area contributed by atoms with E-state index in [1.54, 1.807) is 6.92 Å². The van der Waals surface area contributed by atoms with Gasteiger partial charge in [0.1, 0.15) is 6.07 Å². The summed E-state index contributed by atoms with van der Waals surface area (Å²) in [5, 5.41) is 11.2. The third-order valence-corrected chi connectivity index (χ3v) is 0.852. The van der Waals surface area contributed by atoms with Gasteiger partial charge in [-0.2, -0.15) is 5.26 Å². The number of hydrogen-bond acceptors (Lipinski definition) is 6. The van der Waals surface area contributed by atoms with E-state index in [1.165, 1.54) is 6.07 Å². The molecule has 0 aromatic heterocycles. The fraction of sp³-hybridized carbons (Fsp3) is 0.333. The molecule has 0 atom stereocenters. The van der Waals surface area contributed by atoms with Crippen LogP contribution in [0.5, 0.6) is 0 Å². The van der Waals surface area contributed by atoms with Gasteiger partial charge >= 0.3 is 11.4 Å². The number of carbonyl (C=O) groups excluding carboxylic acids is 2. The predicted molar refractivity (Wildman–Crippen MR) is 42.0 cm³/mol. The molecule has 13 heavy (non-hydrogen) atoms. The topological polar surface area (TPSA) is 88.8 Å². The smallest absolute Gasteiger partial charge is 0.429 e. The van der Waals surface area contributed by atoms with Gasteiger partial charge in [-0.25, -0.2) is 9.59 Å². The number of esters is 1. The highest BCUT2D eigenvalue weighted by molar-refractivity contribution is 6.61. The summed E-state index contributed by atoms with van der Waals surface area (Å²) in [6.45, 7) is 1.65. The van der Waals surface area contributed by atoms with Gasteiger partial charge in [-0.1, -0.05) is 5.16 Å². The number of halogens is 1. The van der Waals surface area contributed by atoms with Gasteiger partial charge in [0.2, 0.25) is 0 Å². The number of nitrogens with zero attached hydrogens (tertiary/aromatic N) is 2. The number of hydrogen-bond donors (Lipinski definition) is 0. The molecule has 0 aromatic rings. The van der Waals surface area contributed by atoms with Gasteiger partial charge < -0.3 is 9.57 Å². The fourth-order valence-electron chi connectivity index (χ4n) is 0.384. The van der Waals surface area contributed by atoms with Crippen LogP contribution in [0.3, 0.4) is 0 Å². The highest BCUT2D eigenvalue weighted by Gasteiger charge is 2.13. The highest BCUT2D eigenvalue weighted by atomic mass is 35.5. The number of ether oxygens (including phenoxy) is 1. The number of rotatable bonds is 3. The minimum absolute atomic E-state index is 0.0916. The Balaban J connectivity index is 4.34. The Kier molecular flexibility index (Phi) is 5.23. The zero-order chi connectivity index (χ0) is 10.3. The third-order valence-electron chi connectivity index (χ3n) is 0.783. The first-order valence-electron chi connectivity index (χ1n) is 3.13.